The van der Waals surface area contributed by atoms with E-state index in [2.05, 4.69) is 30.4 Å². The Kier molecular flexibility index (Phi) is 7.72. The van der Waals surface area contributed by atoms with E-state index in [1.165, 1.54) is 15.9 Å². The van der Waals surface area contributed by atoms with E-state index in [1.54, 1.807) is 0 Å². The highest BCUT2D eigenvalue weighted by Gasteiger charge is 2.48. The van der Waals surface area contributed by atoms with E-state index in [1.807, 2.05) is 6.92 Å². The molecular formula is C21H22F6N8O2S. The monoisotopic (exact) mass is 564 g/mol. The number of amides is 1. The number of carbonyl (C=O) groups excluding carboxylic acids is 1. The number of thiazole rings is 1. The number of piperazine rings is 1. The first-order chi connectivity index (χ1) is 17.9. The quantitative estimate of drug-likeness (QED) is 0.420. The van der Waals surface area contributed by atoms with Gasteiger partial charge in [0.25, 0.3) is 0 Å². The molecule has 17 heteroatoms. The number of hydrogen-bond donors (Lipinski definition) is 2. The van der Waals surface area contributed by atoms with Gasteiger partial charge in [0.2, 0.25) is 11.7 Å². The Bertz CT molecular complexity index is 1270. The predicted octanol–water partition coefficient (Wildman–Crippen LogP) is 2.50. The van der Waals surface area contributed by atoms with Crippen molar-refractivity contribution < 1.29 is 36.2 Å². The number of hydrogen-bond acceptors (Lipinski definition) is 9. The summed E-state index contributed by atoms with van der Waals surface area (Å²) in [5.74, 6) is -1.46. The van der Waals surface area contributed by atoms with Gasteiger partial charge in [0.05, 0.1) is 16.1 Å². The molecule has 1 aliphatic heterocycles. The first kappa shape index (κ1) is 27.8. The molecule has 4 rings (SSSR count). The minimum atomic E-state index is -4.88. The van der Waals surface area contributed by atoms with E-state index in [4.69, 9.17) is 0 Å². The summed E-state index contributed by atoms with van der Waals surface area (Å²) in [4.78, 5) is 29.1. The molecule has 0 bridgehead atoms. The first-order valence-corrected chi connectivity index (χ1v) is 12.2. The summed E-state index contributed by atoms with van der Waals surface area (Å²) in [5.41, 5.74) is -2.02. The van der Waals surface area contributed by atoms with E-state index < -0.39 is 41.2 Å². The number of halogens is 6. The molecular weight excluding hydrogens is 542 g/mol. The molecule has 1 atom stereocenters. The Labute approximate surface area is 215 Å². The molecule has 10 nitrogen and oxygen atoms in total. The van der Waals surface area contributed by atoms with Crippen molar-refractivity contribution in [1.29, 1.82) is 0 Å². The lowest BCUT2D eigenvalue weighted by atomic mass is 9.87. The SMILES string of the molecule is CCc1ncn(CC(=O)N2CCNC[C@]2(CCO)c2sc(C(F)(F)F)nc2-c2cnc(C(F)(F)F)nc2)n1. The van der Waals surface area contributed by atoms with Gasteiger partial charge in [0.1, 0.15) is 18.7 Å². The molecule has 1 aliphatic rings. The molecule has 1 amide bonds. The van der Waals surface area contributed by atoms with E-state index in [9.17, 15) is 36.2 Å². The van der Waals surface area contributed by atoms with Crippen molar-refractivity contribution in [3.8, 4) is 11.3 Å². The van der Waals surface area contributed by atoms with Crippen LogP contribution < -0.4 is 5.32 Å². The summed E-state index contributed by atoms with van der Waals surface area (Å²) in [6, 6.07) is 0. The van der Waals surface area contributed by atoms with Gasteiger partial charge < -0.3 is 15.3 Å². The molecule has 206 valence electrons. The van der Waals surface area contributed by atoms with Gasteiger partial charge in [-0.05, 0) is 0 Å². The normalized spacial score (nSPS) is 18.7. The van der Waals surface area contributed by atoms with Crippen molar-refractivity contribution in [2.24, 2.45) is 0 Å². The van der Waals surface area contributed by atoms with Gasteiger partial charge >= 0.3 is 12.4 Å². The van der Waals surface area contributed by atoms with Gasteiger partial charge in [-0.25, -0.2) is 24.6 Å². The molecule has 0 saturated carbocycles. The van der Waals surface area contributed by atoms with Gasteiger partial charge in [0.15, 0.2) is 5.01 Å². The number of nitrogens with zero attached hydrogens (tertiary/aromatic N) is 7. The van der Waals surface area contributed by atoms with Crippen molar-refractivity contribution >= 4 is 17.2 Å². The molecule has 3 aromatic rings. The van der Waals surface area contributed by atoms with Crippen LogP contribution in [0.3, 0.4) is 0 Å². The molecule has 0 spiro atoms. The number of aliphatic hydroxyl groups excluding tert-OH is 1. The minimum absolute atomic E-state index is 0.0369. The van der Waals surface area contributed by atoms with Gasteiger partial charge in [-0.3, -0.25) is 4.79 Å². The highest BCUT2D eigenvalue weighted by Crippen LogP contribution is 2.46. The lowest BCUT2D eigenvalue weighted by molar-refractivity contribution is -0.145. The highest BCUT2D eigenvalue weighted by molar-refractivity contribution is 7.12. The first-order valence-electron chi connectivity index (χ1n) is 11.4. The highest BCUT2D eigenvalue weighted by atomic mass is 32.1. The Morgan fingerprint density at radius 1 is 1.16 bits per heavy atom. The third kappa shape index (κ3) is 5.49. The van der Waals surface area contributed by atoms with Crippen molar-refractivity contribution in [3.05, 3.63) is 40.3 Å². The van der Waals surface area contributed by atoms with E-state index in [-0.39, 0.29) is 53.5 Å². The minimum Gasteiger partial charge on any atom is -0.396 e. The van der Waals surface area contributed by atoms with Crippen molar-refractivity contribution in [2.45, 2.75) is 44.2 Å². The largest absolute Gasteiger partial charge is 0.451 e. The summed E-state index contributed by atoms with van der Waals surface area (Å²) in [5, 5.41) is 15.9. The standard InChI is InChI=1S/C21H22F6N8O2S/c1-2-13-31-11-34(33-13)9-14(37)35-5-4-28-10-19(35,3-6-36)16-15(32-18(38-16)21(25,26)27)12-7-29-17(30-8-12)20(22,23)24/h7-8,11,28,36H,2-6,9-10H2,1H3/t19-/m1/s1. The zero-order valence-electron chi connectivity index (χ0n) is 19.8. The summed E-state index contributed by atoms with van der Waals surface area (Å²) < 4.78 is 81.6. The Morgan fingerprint density at radius 3 is 2.45 bits per heavy atom. The van der Waals surface area contributed by atoms with Crippen LogP contribution in [0.2, 0.25) is 0 Å². The summed E-state index contributed by atoms with van der Waals surface area (Å²) in [6.07, 6.45) is -6.52. The van der Waals surface area contributed by atoms with Crippen molar-refractivity contribution in [1.82, 2.24) is 39.9 Å². The number of alkyl halides is 6. The maximum Gasteiger partial charge on any atom is 0.451 e. The molecule has 1 saturated heterocycles. The van der Waals surface area contributed by atoms with Crippen LogP contribution in [0.5, 0.6) is 0 Å². The zero-order chi connectivity index (χ0) is 27.7. The third-order valence-electron chi connectivity index (χ3n) is 5.94. The number of aryl methyl sites for hydroxylation is 1. The van der Waals surface area contributed by atoms with Crippen LogP contribution in [0.15, 0.2) is 18.7 Å². The van der Waals surface area contributed by atoms with Crippen molar-refractivity contribution in [2.75, 3.05) is 26.2 Å². The predicted molar refractivity (Wildman–Crippen MR) is 121 cm³/mol. The maximum atomic E-state index is 13.8. The fourth-order valence-corrected chi connectivity index (χ4v) is 5.41. The number of aliphatic hydroxyl groups is 1. The van der Waals surface area contributed by atoms with E-state index in [0.717, 1.165) is 12.4 Å². The van der Waals surface area contributed by atoms with Crippen molar-refractivity contribution in [3.63, 3.8) is 0 Å². The summed E-state index contributed by atoms with van der Waals surface area (Å²) in [6.45, 7) is 1.43. The zero-order valence-corrected chi connectivity index (χ0v) is 20.7. The van der Waals surface area contributed by atoms with E-state index in [0.29, 0.717) is 18.8 Å². The fourth-order valence-electron chi connectivity index (χ4n) is 4.23. The Hall–Kier alpha value is -3.18. The molecule has 2 N–H and O–H groups in total. The van der Waals surface area contributed by atoms with Crippen LogP contribution in [-0.4, -0.2) is 71.9 Å². The Morgan fingerprint density at radius 2 is 1.87 bits per heavy atom. The maximum absolute atomic E-state index is 13.8. The molecule has 0 aromatic carbocycles. The molecule has 4 heterocycles. The lowest BCUT2D eigenvalue weighted by Crippen LogP contribution is -2.61. The molecule has 0 aliphatic carbocycles. The topological polar surface area (TPSA) is 122 Å². The molecule has 3 aromatic heterocycles. The summed E-state index contributed by atoms with van der Waals surface area (Å²) >= 11 is 0.258. The van der Waals surface area contributed by atoms with Crippen LogP contribution in [0.25, 0.3) is 11.3 Å². The van der Waals surface area contributed by atoms with Crippen LogP contribution >= 0.6 is 11.3 Å². The average molecular weight is 565 g/mol. The van der Waals surface area contributed by atoms with Gasteiger partial charge in [0, 0.05) is 57.0 Å². The fraction of sp³-hybridized carbons (Fsp3) is 0.524. The number of aromatic nitrogens is 6. The smallest absolute Gasteiger partial charge is 0.396 e. The molecule has 0 radical (unpaired) electrons. The average Bonchev–Trinajstić information content (AvgIpc) is 3.51. The second kappa shape index (κ2) is 10.5. The summed E-state index contributed by atoms with van der Waals surface area (Å²) in [7, 11) is 0. The van der Waals surface area contributed by atoms with Crippen LogP contribution in [-0.2, 0) is 35.7 Å². The van der Waals surface area contributed by atoms with Gasteiger partial charge in [-0.15, -0.1) is 11.3 Å². The second-order valence-electron chi connectivity index (χ2n) is 8.43. The van der Waals surface area contributed by atoms with Gasteiger partial charge in [-0.2, -0.15) is 31.4 Å². The second-order valence-corrected chi connectivity index (χ2v) is 9.43. The van der Waals surface area contributed by atoms with E-state index >= 15 is 0 Å². The number of rotatable bonds is 7. The molecule has 38 heavy (non-hydrogen) atoms. The Balaban J connectivity index is 1.83. The lowest BCUT2D eigenvalue weighted by Gasteiger charge is -2.47. The number of carbonyl (C=O) groups is 1. The van der Waals surface area contributed by atoms with Gasteiger partial charge in [-0.1, -0.05) is 6.92 Å². The van der Waals surface area contributed by atoms with Crippen LogP contribution in [0, 0.1) is 0 Å². The molecule has 0 unspecified atom stereocenters. The number of nitrogens with one attached hydrogen (secondary N) is 1. The van der Waals surface area contributed by atoms with Crippen LogP contribution in [0.4, 0.5) is 26.3 Å². The third-order valence-corrected chi connectivity index (χ3v) is 7.23. The van der Waals surface area contributed by atoms with Crippen LogP contribution in [0.1, 0.15) is 34.9 Å². The molecule has 1 fully saturated rings.